The molecular weight excluding hydrogens is 335 g/mol. The number of carbonyl (C=O) groups is 1. The van der Waals surface area contributed by atoms with Gasteiger partial charge in [0.15, 0.2) is 0 Å². The Bertz CT molecular complexity index is 448. The van der Waals surface area contributed by atoms with Crippen molar-refractivity contribution in [2.45, 2.75) is 6.10 Å². The molecule has 1 atom stereocenters. The quantitative estimate of drug-likeness (QED) is 0.586. The molecule has 7 heteroatoms. The molecule has 4 rings (SSSR count). The summed E-state index contributed by atoms with van der Waals surface area (Å²) in [6, 6.07) is 8.97. The number of nitrogens with zero attached hydrogens (tertiary/aromatic N) is 1. The van der Waals surface area contributed by atoms with Crippen molar-refractivity contribution in [3.8, 4) is 0 Å². The van der Waals surface area contributed by atoms with Crippen molar-refractivity contribution in [3.05, 3.63) is 35.9 Å². The molecule has 1 aromatic carbocycles. The van der Waals surface area contributed by atoms with E-state index in [9.17, 15) is 4.79 Å². The number of fused-ring (bicyclic) bond motifs is 6. The van der Waals surface area contributed by atoms with E-state index in [1.807, 2.05) is 18.2 Å². The van der Waals surface area contributed by atoms with E-state index in [0.717, 1.165) is 19.6 Å². The molecule has 3 saturated heterocycles. The zero-order valence-electron chi connectivity index (χ0n) is 11.7. The summed E-state index contributed by atoms with van der Waals surface area (Å²) in [7, 11) is 0. The number of esters is 1. The Labute approximate surface area is 129 Å². The van der Waals surface area contributed by atoms with Crippen molar-refractivity contribution in [1.82, 2.24) is 4.90 Å². The zero-order chi connectivity index (χ0) is 14.5. The molecule has 21 heavy (non-hydrogen) atoms. The summed E-state index contributed by atoms with van der Waals surface area (Å²) in [6.45, 7) is 4.06. The third-order valence-electron chi connectivity index (χ3n) is 3.39. The number of hydrogen-bond acceptors (Lipinski definition) is 6. The molecule has 0 saturated carbocycles. The van der Waals surface area contributed by atoms with Crippen molar-refractivity contribution in [3.63, 3.8) is 0 Å². The first-order chi connectivity index (χ1) is 10.3. The Balaban J connectivity index is 1.55. The van der Waals surface area contributed by atoms with Crippen LogP contribution in [0.4, 0.5) is 0 Å². The van der Waals surface area contributed by atoms with Crippen molar-refractivity contribution >= 4 is 21.3 Å². The maximum absolute atomic E-state index is 11.9. The van der Waals surface area contributed by atoms with Gasteiger partial charge in [0.05, 0.1) is 0 Å². The molecule has 1 radical (unpaired) electrons. The van der Waals surface area contributed by atoms with Gasteiger partial charge < -0.3 is 0 Å². The van der Waals surface area contributed by atoms with Crippen molar-refractivity contribution in [2.75, 3.05) is 39.5 Å². The van der Waals surface area contributed by atoms with E-state index in [-0.39, 0.29) is 18.7 Å². The van der Waals surface area contributed by atoms with E-state index in [1.165, 1.54) is 0 Å². The average molecular weight is 353 g/mol. The molecule has 3 aliphatic heterocycles. The molecule has 0 spiro atoms. The Morgan fingerprint density at radius 2 is 1.95 bits per heavy atom. The van der Waals surface area contributed by atoms with E-state index in [0.29, 0.717) is 18.8 Å². The van der Waals surface area contributed by atoms with Gasteiger partial charge in [0.25, 0.3) is 0 Å². The van der Waals surface area contributed by atoms with Crippen molar-refractivity contribution in [2.24, 2.45) is 0 Å². The van der Waals surface area contributed by atoms with Crippen LogP contribution in [0.5, 0.6) is 0 Å². The topological polar surface area (TPSA) is 57.2 Å². The van der Waals surface area contributed by atoms with Gasteiger partial charge in [-0.25, -0.2) is 0 Å². The Morgan fingerprint density at radius 3 is 2.67 bits per heavy atom. The normalized spacial score (nSPS) is 26.7. The SMILES string of the molecule is O=C(OCC1CN2CC[O][Ge]([O]CC2)[O]1)c1ccccc1. The number of rotatable bonds is 3. The minimum atomic E-state index is -2.36. The van der Waals surface area contributed by atoms with Gasteiger partial charge in [0, 0.05) is 0 Å². The van der Waals surface area contributed by atoms with Crippen molar-refractivity contribution in [1.29, 1.82) is 0 Å². The Morgan fingerprint density at radius 1 is 1.24 bits per heavy atom. The van der Waals surface area contributed by atoms with Crippen LogP contribution in [0.25, 0.3) is 0 Å². The fourth-order valence-electron chi connectivity index (χ4n) is 2.29. The average Bonchev–Trinajstić information content (AvgIpc) is 2.45. The first-order valence-corrected chi connectivity index (χ1v) is 9.62. The molecule has 3 aliphatic rings. The van der Waals surface area contributed by atoms with Crippen LogP contribution >= 0.6 is 0 Å². The standard InChI is InChI=1S/C14H18GeNO5/c17-14(12-4-2-1-3-5-12)18-11-13-10-16-6-8-19-15(21-13)20-9-7-16/h1-5,13H,6-11H2. The Kier molecular flexibility index (Phi) is 5.26. The van der Waals surface area contributed by atoms with E-state index in [1.54, 1.807) is 12.1 Å². The molecule has 0 aromatic heterocycles. The van der Waals surface area contributed by atoms with Gasteiger partial charge in [-0.15, -0.1) is 0 Å². The van der Waals surface area contributed by atoms with Crippen LogP contribution in [-0.2, 0) is 16.0 Å². The number of carbonyl (C=O) groups excluding carboxylic acids is 1. The van der Waals surface area contributed by atoms with Crippen LogP contribution in [0, 0.1) is 0 Å². The summed E-state index contributed by atoms with van der Waals surface area (Å²) >= 11 is -2.36. The van der Waals surface area contributed by atoms with Gasteiger partial charge in [-0.1, -0.05) is 0 Å². The van der Waals surface area contributed by atoms with Crippen LogP contribution in [0.2, 0.25) is 0 Å². The fourth-order valence-corrected chi connectivity index (χ4v) is 4.71. The summed E-state index contributed by atoms with van der Waals surface area (Å²) in [5.41, 5.74) is 0.552. The summed E-state index contributed by atoms with van der Waals surface area (Å²) in [6.07, 6.45) is -0.173. The first kappa shape index (κ1) is 15.0. The molecule has 1 unspecified atom stereocenters. The van der Waals surface area contributed by atoms with Crippen molar-refractivity contribution < 1.29 is 20.8 Å². The van der Waals surface area contributed by atoms with E-state index in [4.69, 9.17) is 16.0 Å². The number of benzene rings is 1. The molecule has 3 fully saturated rings. The molecule has 3 heterocycles. The van der Waals surface area contributed by atoms with Gasteiger partial charge in [0.1, 0.15) is 0 Å². The second-order valence-electron chi connectivity index (χ2n) is 4.95. The second kappa shape index (κ2) is 7.37. The minimum absolute atomic E-state index is 0.173. The number of ether oxygens (including phenoxy) is 1. The maximum atomic E-state index is 11.9. The monoisotopic (exact) mass is 354 g/mol. The van der Waals surface area contributed by atoms with E-state index < -0.39 is 15.4 Å². The molecule has 0 amide bonds. The molecule has 0 N–H and O–H groups in total. The summed E-state index contributed by atoms with van der Waals surface area (Å²) in [5.74, 6) is -0.326. The van der Waals surface area contributed by atoms with Gasteiger partial charge >= 0.3 is 129 Å². The number of hydrogen-bond donors (Lipinski definition) is 0. The zero-order valence-corrected chi connectivity index (χ0v) is 13.8. The van der Waals surface area contributed by atoms with E-state index >= 15 is 0 Å². The van der Waals surface area contributed by atoms with E-state index in [2.05, 4.69) is 4.90 Å². The molecule has 0 aliphatic carbocycles. The van der Waals surface area contributed by atoms with Crippen LogP contribution < -0.4 is 0 Å². The summed E-state index contributed by atoms with van der Waals surface area (Å²) in [4.78, 5) is 14.2. The van der Waals surface area contributed by atoms with Crippen LogP contribution in [0.3, 0.4) is 0 Å². The summed E-state index contributed by atoms with van der Waals surface area (Å²) in [5, 5.41) is 0. The predicted octanol–water partition coefficient (Wildman–Crippen LogP) is 0.576. The van der Waals surface area contributed by atoms with Crippen LogP contribution in [0.1, 0.15) is 10.4 Å². The van der Waals surface area contributed by atoms with Crippen LogP contribution in [-0.4, -0.2) is 71.8 Å². The molecule has 6 nitrogen and oxygen atoms in total. The third-order valence-corrected chi connectivity index (χ3v) is 6.34. The van der Waals surface area contributed by atoms with Gasteiger partial charge in [-0.05, 0) is 0 Å². The van der Waals surface area contributed by atoms with Gasteiger partial charge in [-0.2, -0.15) is 0 Å². The fraction of sp³-hybridized carbons (Fsp3) is 0.500. The first-order valence-electron chi connectivity index (χ1n) is 7.05. The Hall–Kier alpha value is -0.927. The van der Waals surface area contributed by atoms with Gasteiger partial charge in [0.2, 0.25) is 0 Å². The van der Waals surface area contributed by atoms with Crippen LogP contribution in [0.15, 0.2) is 30.3 Å². The second-order valence-corrected chi connectivity index (χ2v) is 7.71. The molecular formula is C14H18GeNO5. The molecule has 2 bridgehead atoms. The molecule has 113 valence electrons. The third kappa shape index (κ3) is 4.27. The molecule has 1 aromatic rings. The predicted molar refractivity (Wildman–Crippen MR) is 75.7 cm³/mol. The summed E-state index contributed by atoms with van der Waals surface area (Å²) < 4.78 is 22.4. The van der Waals surface area contributed by atoms with Gasteiger partial charge in [-0.3, -0.25) is 0 Å².